The van der Waals surface area contributed by atoms with Crippen LogP contribution in [0.15, 0.2) is 11.8 Å². The van der Waals surface area contributed by atoms with Gasteiger partial charge in [-0.15, -0.1) is 0 Å². The summed E-state index contributed by atoms with van der Waals surface area (Å²) in [5.41, 5.74) is 0.313. The van der Waals surface area contributed by atoms with Crippen molar-refractivity contribution in [2.45, 2.75) is 159 Å². The molecule has 1 aromatic heterocycles. The van der Waals surface area contributed by atoms with E-state index in [4.69, 9.17) is 9.47 Å². The number of aryl methyl sites for hydroxylation is 1. The molecule has 0 saturated heterocycles. The first kappa shape index (κ1) is 39.3. The summed E-state index contributed by atoms with van der Waals surface area (Å²) >= 11 is 0. The number of aromatic nitrogens is 2. The van der Waals surface area contributed by atoms with E-state index in [9.17, 15) is 13.6 Å². The number of hydrogen-bond donors (Lipinski definition) is 0. The van der Waals surface area contributed by atoms with Crippen molar-refractivity contribution in [2.24, 2.45) is 11.3 Å². The fourth-order valence-electron chi connectivity index (χ4n) is 3.96. The normalized spacial score (nSPS) is 14.5. The van der Waals surface area contributed by atoms with E-state index in [2.05, 4.69) is 51.5 Å². The Morgan fingerprint density at radius 3 is 2.02 bits per heavy atom. The average Bonchev–Trinajstić information content (AvgIpc) is 2.85. The molecule has 0 aliphatic carbocycles. The van der Waals surface area contributed by atoms with E-state index < -0.39 is 11.3 Å². The highest BCUT2D eigenvalue weighted by atomic mass is 19.3. The third-order valence-electron chi connectivity index (χ3n) is 7.46. The van der Waals surface area contributed by atoms with Crippen LogP contribution >= 0.6 is 0 Å². The minimum atomic E-state index is -2.88. The van der Waals surface area contributed by atoms with Gasteiger partial charge in [0.1, 0.15) is 5.69 Å². The first-order valence-electron chi connectivity index (χ1n) is 15.5. The molecule has 0 bridgehead atoms. The molecule has 7 heteroatoms. The molecule has 1 unspecified atom stereocenters. The average molecular weight is 583 g/mol. The minimum absolute atomic E-state index is 0.0125. The Morgan fingerprint density at radius 2 is 1.59 bits per heavy atom. The van der Waals surface area contributed by atoms with E-state index in [0.717, 1.165) is 26.2 Å². The molecule has 0 aromatic carbocycles. The molecule has 0 spiro atoms. The third kappa shape index (κ3) is 14.8. The summed E-state index contributed by atoms with van der Waals surface area (Å²) in [6, 6.07) is 0. The fraction of sp³-hybridized carbons (Fsp3) is 0.794. The molecule has 238 valence electrons. The Kier molecular flexibility index (Phi) is 17.3. The molecule has 0 N–H and O–H groups in total. The summed E-state index contributed by atoms with van der Waals surface area (Å²) < 4.78 is 40.4. The SMILES string of the molecule is CCCC.CCC[C@@H](COC(C)(C)C)C(CCCC(=O)c1cnc(/C=C(\C)C(C)(C)C(C)(F)F)c(C)n1)OC(C)C. The molecule has 0 saturated carbocycles. The van der Waals surface area contributed by atoms with Gasteiger partial charge in [-0.1, -0.05) is 59.5 Å². The lowest BCUT2D eigenvalue weighted by molar-refractivity contribution is -0.0858. The van der Waals surface area contributed by atoms with Crippen molar-refractivity contribution in [3.8, 4) is 0 Å². The van der Waals surface area contributed by atoms with Crippen LogP contribution in [-0.4, -0.2) is 46.1 Å². The van der Waals surface area contributed by atoms with E-state index in [0.29, 0.717) is 42.1 Å². The molecule has 1 heterocycles. The molecule has 0 aliphatic heterocycles. The Balaban J connectivity index is 0.00000373. The van der Waals surface area contributed by atoms with Crippen LogP contribution in [0.3, 0.4) is 0 Å². The molecule has 0 aliphatic rings. The Morgan fingerprint density at radius 1 is 1.00 bits per heavy atom. The fourth-order valence-corrected chi connectivity index (χ4v) is 3.96. The number of unbranched alkanes of at least 4 members (excludes halogenated alkanes) is 1. The van der Waals surface area contributed by atoms with Crippen molar-refractivity contribution in [1.82, 2.24) is 9.97 Å². The Hall–Kier alpha value is -1.73. The lowest BCUT2D eigenvalue weighted by Crippen LogP contribution is -2.34. The number of allylic oxidation sites excluding steroid dienone is 1. The van der Waals surface area contributed by atoms with Gasteiger partial charge in [0, 0.05) is 24.7 Å². The molecule has 0 amide bonds. The topological polar surface area (TPSA) is 61.3 Å². The van der Waals surface area contributed by atoms with E-state index in [-0.39, 0.29) is 29.5 Å². The van der Waals surface area contributed by atoms with Crippen LogP contribution in [0.25, 0.3) is 6.08 Å². The summed E-state index contributed by atoms with van der Waals surface area (Å²) in [6.45, 7) is 24.7. The van der Waals surface area contributed by atoms with E-state index in [1.54, 1.807) is 19.9 Å². The lowest BCUT2D eigenvalue weighted by atomic mass is 9.79. The first-order valence-corrected chi connectivity index (χ1v) is 15.5. The second-order valence-corrected chi connectivity index (χ2v) is 13.1. The second kappa shape index (κ2) is 18.0. The van der Waals surface area contributed by atoms with Crippen molar-refractivity contribution >= 4 is 11.9 Å². The minimum Gasteiger partial charge on any atom is -0.375 e. The summed E-state index contributed by atoms with van der Waals surface area (Å²) in [4.78, 5) is 21.7. The van der Waals surface area contributed by atoms with Gasteiger partial charge in [0.25, 0.3) is 5.92 Å². The number of nitrogens with zero attached hydrogens (tertiary/aromatic N) is 2. The summed E-state index contributed by atoms with van der Waals surface area (Å²) in [5, 5.41) is 0. The second-order valence-electron chi connectivity index (χ2n) is 13.1. The largest absolute Gasteiger partial charge is 0.375 e. The zero-order valence-electron chi connectivity index (χ0n) is 28.4. The highest BCUT2D eigenvalue weighted by Gasteiger charge is 2.43. The molecular formula is C34H60F2N2O3. The van der Waals surface area contributed by atoms with Gasteiger partial charge in [0.15, 0.2) is 5.78 Å². The van der Waals surface area contributed by atoms with Crippen LogP contribution in [0.5, 0.6) is 0 Å². The van der Waals surface area contributed by atoms with Crippen molar-refractivity contribution in [3.63, 3.8) is 0 Å². The zero-order valence-corrected chi connectivity index (χ0v) is 28.4. The van der Waals surface area contributed by atoms with Crippen molar-refractivity contribution in [3.05, 3.63) is 28.9 Å². The molecule has 0 radical (unpaired) electrons. The molecule has 1 aromatic rings. The summed E-state index contributed by atoms with van der Waals surface area (Å²) in [5.74, 6) is -2.70. The van der Waals surface area contributed by atoms with Gasteiger partial charge in [-0.25, -0.2) is 13.8 Å². The van der Waals surface area contributed by atoms with Gasteiger partial charge in [-0.05, 0) is 73.8 Å². The quantitative estimate of drug-likeness (QED) is 0.182. The van der Waals surface area contributed by atoms with Crippen LogP contribution in [0.1, 0.15) is 150 Å². The number of halogens is 2. The van der Waals surface area contributed by atoms with Crippen LogP contribution in [0.2, 0.25) is 0 Å². The molecule has 1 rings (SSSR count). The van der Waals surface area contributed by atoms with Gasteiger partial charge in [-0.3, -0.25) is 9.78 Å². The number of carbonyl (C=O) groups excluding carboxylic acids is 1. The number of ether oxygens (including phenoxy) is 2. The van der Waals surface area contributed by atoms with Crippen molar-refractivity contribution < 1.29 is 23.0 Å². The predicted molar refractivity (Wildman–Crippen MR) is 168 cm³/mol. The van der Waals surface area contributed by atoms with Crippen LogP contribution < -0.4 is 0 Å². The van der Waals surface area contributed by atoms with Gasteiger partial charge >= 0.3 is 0 Å². The first-order chi connectivity index (χ1) is 18.8. The standard InChI is InChI=1S/C30H50F2N2O3.C4H10/c1-12-14-23(19-36-28(6,7)8)27(37-20(2)3)16-13-15-26(35)25-18-33-24(22(5)34-25)17-21(4)29(9,10)30(11,31)32;1-3-4-2/h17-18,20,23,27H,12-16,19H2,1-11H3;3-4H2,1-2H3/b21-17+;/t23-,27?;/m0./s1. The van der Waals surface area contributed by atoms with E-state index in [1.165, 1.54) is 32.9 Å². The van der Waals surface area contributed by atoms with Gasteiger partial charge in [-0.2, -0.15) is 0 Å². The molecule has 0 fully saturated rings. The van der Waals surface area contributed by atoms with Crippen LogP contribution in [0, 0.1) is 18.3 Å². The monoisotopic (exact) mass is 582 g/mol. The summed E-state index contributed by atoms with van der Waals surface area (Å²) in [6.07, 6.45) is 9.64. The van der Waals surface area contributed by atoms with Crippen LogP contribution in [-0.2, 0) is 9.47 Å². The number of ketones is 1. The number of Topliss-reactive ketones (excluding diaryl/α,β-unsaturated/α-hetero) is 1. The smallest absolute Gasteiger partial charge is 0.254 e. The highest BCUT2D eigenvalue weighted by molar-refractivity contribution is 5.94. The Labute approximate surface area is 250 Å². The van der Waals surface area contributed by atoms with Gasteiger partial charge < -0.3 is 9.47 Å². The maximum absolute atomic E-state index is 14.0. The van der Waals surface area contributed by atoms with Crippen molar-refractivity contribution in [2.75, 3.05) is 6.61 Å². The van der Waals surface area contributed by atoms with Crippen LogP contribution in [0.4, 0.5) is 8.78 Å². The summed E-state index contributed by atoms with van der Waals surface area (Å²) in [7, 11) is 0. The predicted octanol–water partition coefficient (Wildman–Crippen LogP) is 10.1. The molecular weight excluding hydrogens is 522 g/mol. The maximum Gasteiger partial charge on any atom is 0.254 e. The van der Waals surface area contributed by atoms with Crippen molar-refractivity contribution in [1.29, 1.82) is 0 Å². The number of hydrogen-bond acceptors (Lipinski definition) is 5. The zero-order chi connectivity index (χ0) is 32.0. The number of rotatable bonds is 16. The highest BCUT2D eigenvalue weighted by Crippen LogP contribution is 2.42. The third-order valence-corrected chi connectivity index (χ3v) is 7.46. The molecule has 5 nitrogen and oxygen atoms in total. The van der Waals surface area contributed by atoms with E-state index >= 15 is 0 Å². The molecule has 2 atom stereocenters. The van der Waals surface area contributed by atoms with Gasteiger partial charge in [0.2, 0.25) is 0 Å². The number of carbonyl (C=O) groups is 1. The molecule has 41 heavy (non-hydrogen) atoms. The van der Waals surface area contributed by atoms with Gasteiger partial charge in [0.05, 0.1) is 42.0 Å². The maximum atomic E-state index is 14.0. The lowest BCUT2D eigenvalue weighted by Gasteiger charge is -2.32. The number of alkyl halides is 2. The Bertz CT molecular complexity index is 929. The van der Waals surface area contributed by atoms with E-state index in [1.807, 2.05) is 13.8 Å².